The van der Waals surface area contributed by atoms with Crippen molar-refractivity contribution in [1.82, 2.24) is 25.2 Å². The number of likely N-dealkylation sites (N-methyl/N-ethyl adjacent to an activating group) is 1. The van der Waals surface area contributed by atoms with Crippen molar-refractivity contribution in [3.63, 3.8) is 0 Å². The minimum absolute atomic E-state index is 0.398. The fourth-order valence-corrected chi connectivity index (χ4v) is 3.15. The highest BCUT2D eigenvalue weighted by molar-refractivity contribution is 5.44. The zero-order valence-corrected chi connectivity index (χ0v) is 14.1. The van der Waals surface area contributed by atoms with Crippen LogP contribution in [0.15, 0.2) is 45.7 Å². The number of rotatable bonds is 5. The normalized spacial score (nSPS) is 18.0. The molecule has 0 aliphatic carbocycles. The van der Waals surface area contributed by atoms with E-state index in [1.807, 2.05) is 18.2 Å². The van der Waals surface area contributed by atoms with E-state index in [-0.39, 0.29) is 0 Å². The molecule has 4 rings (SSSR count). The highest BCUT2D eigenvalue weighted by Gasteiger charge is 2.25. The lowest BCUT2D eigenvalue weighted by molar-refractivity contribution is 0.183. The van der Waals surface area contributed by atoms with Crippen molar-refractivity contribution in [1.29, 1.82) is 0 Å². The Morgan fingerprint density at radius 3 is 3.08 bits per heavy atom. The SMILES string of the molecule is CN(Cc1nc(-c2ccco2)no1)[C@H]1CCCN(c2cccnn2)C1. The molecule has 0 spiro atoms. The van der Waals surface area contributed by atoms with Gasteiger partial charge in [0.15, 0.2) is 11.6 Å². The lowest BCUT2D eigenvalue weighted by atomic mass is 10.0. The van der Waals surface area contributed by atoms with E-state index in [1.54, 1.807) is 18.5 Å². The number of piperidine rings is 1. The predicted octanol–water partition coefficient (Wildman–Crippen LogP) is 2.22. The Bertz CT molecular complexity index is 789. The van der Waals surface area contributed by atoms with Crippen LogP contribution >= 0.6 is 0 Å². The predicted molar refractivity (Wildman–Crippen MR) is 90.7 cm³/mol. The largest absolute Gasteiger partial charge is 0.461 e. The van der Waals surface area contributed by atoms with E-state index in [1.165, 1.54) is 0 Å². The summed E-state index contributed by atoms with van der Waals surface area (Å²) in [5.74, 6) is 2.62. The van der Waals surface area contributed by atoms with Crippen LogP contribution in [0.4, 0.5) is 5.82 Å². The molecular weight excluding hydrogens is 320 g/mol. The molecule has 3 aromatic rings. The second kappa shape index (κ2) is 7.02. The van der Waals surface area contributed by atoms with Crippen molar-refractivity contribution in [2.45, 2.75) is 25.4 Å². The van der Waals surface area contributed by atoms with Gasteiger partial charge in [-0.1, -0.05) is 5.16 Å². The van der Waals surface area contributed by atoms with Crippen LogP contribution < -0.4 is 4.90 Å². The Morgan fingerprint density at radius 1 is 1.32 bits per heavy atom. The van der Waals surface area contributed by atoms with Crippen molar-refractivity contribution in [2.75, 3.05) is 25.0 Å². The van der Waals surface area contributed by atoms with Gasteiger partial charge in [-0.2, -0.15) is 10.1 Å². The quantitative estimate of drug-likeness (QED) is 0.699. The molecule has 1 atom stereocenters. The second-order valence-electron chi connectivity index (χ2n) is 6.23. The molecule has 8 heteroatoms. The maximum absolute atomic E-state index is 5.36. The van der Waals surface area contributed by atoms with Gasteiger partial charge < -0.3 is 13.8 Å². The molecule has 130 valence electrons. The van der Waals surface area contributed by atoms with E-state index in [0.29, 0.717) is 30.1 Å². The van der Waals surface area contributed by atoms with Crippen LogP contribution in [0.5, 0.6) is 0 Å². The molecule has 1 aliphatic rings. The first-order chi connectivity index (χ1) is 12.3. The molecule has 0 unspecified atom stereocenters. The number of furan rings is 1. The van der Waals surface area contributed by atoms with Gasteiger partial charge in [-0.05, 0) is 44.2 Å². The average molecular weight is 340 g/mol. The van der Waals surface area contributed by atoms with Crippen LogP contribution in [0.25, 0.3) is 11.6 Å². The number of hydrogen-bond donors (Lipinski definition) is 0. The summed E-state index contributed by atoms with van der Waals surface area (Å²) in [6, 6.07) is 7.95. The van der Waals surface area contributed by atoms with Gasteiger partial charge in [0.2, 0.25) is 11.7 Å². The van der Waals surface area contributed by atoms with Gasteiger partial charge in [-0.3, -0.25) is 4.90 Å². The molecule has 0 aromatic carbocycles. The molecule has 0 radical (unpaired) electrons. The van der Waals surface area contributed by atoms with Crippen LogP contribution in [0.3, 0.4) is 0 Å². The summed E-state index contributed by atoms with van der Waals surface area (Å²) < 4.78 is 10.7. The highest BCUT2D eigenvalue weighted by atomic mass is 16.5. The van der Waals surface area contributed by atoms with E-state index in [9.17, 15) is 0 Å². The van der Waals surface area contributed by atoms with Crippen LogP contribution in [0.1, 0.15) is 18.7 Å². The lowest BCUT2D eigenvalue weighted by Gasteiger charge is -2.37. The first-order valence-electron chi connectivity index (χ1n) is 8.39. The monoisotopic (exact) mass is 340 g/mol. The summed E-state index contributed by atoms with van der Waals surface area (Å²) in [7, 11) is 2.08. The zero-order valence-electron chi connectivity index (χ0n) is 14.1. The number of anilines is 1. The van der Waals surface area contributed by atoms with Gasteiger partial charge in [0.05, 0.1) is 12.8 Å². The number of hydrogen-bond acceptors (Lipinski definition) is 8. The maximum Gasteiger partial charge on any atom is 0.241 e. The van der Waals surface area contributed by atoms with Crippen molar-refractivity contribution in [3.05, 3.63) is 42.6 Å². The third-order valence-corrected chi connectivity index (χ3v) is 4.50. The van der Waals surface area contributed by atoms with E-state index >= 15 is 0 Å². The summed E-state index contributed by atoms with van der Waals surface area (Å²) in [5, 5.41) is 12.2. The topological polar surface area (TPSA) is 84.3 Å². The summed E-state index contributed by atoms with van der Waals surface area (Å²) in [6.07, 6.45) is 5.54. The molecule has 1 aliphatic heterocycles. The standard InChI is InChI=1S/C17H20N6O2/c1-22(12-16-19-17(21-25-16)14-6-4-10-24-14)13-5-3-9-23(11-13)15-7-2-8-18-20-15/h2,4,6-8,10,13H,3,5,9,11-12H2,1H3/t13-/m0/s1. The first kappa shape index (κ1) is 15.8. The number of nitrogens with zero attached hydrogens (tertiary/aromatic N) is 6. The third-order valence-electron chi connectivity index (χ3n) is 4.50. The van der Waals surface area contributed by atoms with Gasteiger partial charge >= 0.3 is 0 Å². The van der Waals surface area contributed by atoms with Crippen molar-refractivity contribution >= 4 is 5.82 Å². The van der Waals surface area contributed by atoms with Crippen LogP contribution in [0.2, 0.25) is 0 Å². The molecule has 4 heterocycles. The molecule has 0 bridgehead atoms. The fraction of sp³-hybridized carbons (Fsp3) is 0.412. The van der Waals surface area contributed by atoms with E-state index in [0.717, 1.165) is 31.7 Å². The van der Waals surface area contributed by atoms with Crippen LogP contribution in [-0.2, 0) is 6.54 Å². The molecule has 0 amide bonds. The van der Waals surface area contributed by atoms with E-state index in [4.69, 9.17) is 8.94 Å². The summed E-state index contributed by atoms with van der Waals surface area (Å²) in [6.45, 7) is 2.52. The van der Waals surface area contributed by atoms with Crippen molar-refractivity contribution in [3.8, 4) is 11.6 Å². The summed E-state index contributed by atoms with van der Waals surface area (Å²) >= 11 is 0. The Balaban J connectivity index is 1.40. The van der Waals surface area contributed by atoms with Gasteiger partial charge in [-0.15, -0.1) is 5.10 Å². The molecular formula is C17H20N6O2. The molecule has 0 saturated carbocycles. The Morgan fingerprint density at radius 2 is 2.28 bits per heavy atom. The second-order valence-corrected chi connectivity index (χ2v) is 6.23. The van der Waals surface area contributed by atoms with Gasteiger partial charge in [0.25, 0.3) is 0 Å². The van der Waals surface area contributed by atoms with Crippen molar-refractivity contribution < 1.29 is 8.94 Å². The minimum Gasteiger partial charge on any atom is -0.461 e. The number of aromatic nitrogens is 4. The Labute approximate surface area is 145 Å². The van der Waals surface area contributed by atoms with Crippen molar-refractivity contribution in [2.24, 2.45) is 0 Å². The Hall–Kier alpha value is -2.74. The third kappa shape index (κ3) is 3.53. The fourth-order valence-electron chi connectivity index (χ4n) is 3.15. The lowest BCUT2D eigenvalue weighted by Crippen LogP contribution is -2.46. The van der Waals surface area contributed by atoms with Gasteiger partial charge in [0.1, 0.15) is 0 Å². The molecule has 8 nitrogen and oxygen atoms in total. The highest BCUT2D eigenvalue weighted by Crippen LogP contribution is 2.21. The van der Waals surface area contributed by atoms with Gasteiger partial charge in [0, 0.05) is 25.3 Å². The summed E-state index contributed by atoms with van der Waals surface area (Å²) in [4.78, 5) is 8.95. The molecule has 25 heavy (non-hydrogen) atoms. The zero-order chi connectivity index (χ0) is 17.1. The van der Waals surface area contributed by atoms with Gasteiger partial charge in [-0.25, -0.2) is 0 Å². The smallest absolute Gasteiger partial charge is 0.241 e. The van der Waals surface area contributed by atoms with Crippen LogP contribution in [-0.4, -0.2) is 51.4 Å². The first-order valence-corrected chi connectivity index (χ1v) is 8.39. The van der Waals surface area contributed by atoms with E-state index in [2.05, 4.69) is 37.2 Å². The molecule has 0 N–H and O–H groups in total. The summed E-state index contributed by atoms with van der Waals surface area (Å²) in [5.41, 5.74) is 0. The molecule has 1 fully saturated rings. The van der Waals surface area contributed by atoms with E-state index < -0.39 is 0 Å². The molecule has 1 saturated heterocycles. The average Bonchev–Trinajstić information content (AvgIpc) is 3.34. The molecule has 3 aromatic heterocycles. The Kier molecular flexibility index (Phi) is 4.43. The maximum atomic E-state index is 5.36. The minimum atomic E-state index is 0.398. The van der Waals surface area contributed by atoms with Crippen LogP contribution in [0, 0.1) is 0 Å².